The maximum atomic E-state index is 5.32. The quantitative estimate of drug-likeness (QED) is 0.123. The monoisotopic (exact) mass is 1010 g/mol. The van der Waals surface area contributed by atoms with E-state index in [-0.39, 0.29) is 0 Å². The molecule has 0 amide bonds. The van der Waals surface area contributed by atoms with Crippen LogP contribution in [0.5, 0.6) is 0 Å². The van der Waals surface area contributed by atoms with E-state index in [1.807, 2.05) is 207 Å². The summed E-state index contributed by atoms with van der Waals surface area (Å²) >= 11 is 0. The van der Waals surface area contributed by atoms with Gasteiger partial charge in [-0.3, -0.25) is 4.98 Å². The molecule has 0 aliphatic carbocycles. The molecule has 0 N–H and O–H groups in total. The molecular formula is C68H43N11. The molecule has 0 aliphatic rings. The van der Waals surface area contributed by atoms with E-state index >= 15 is 0 Å². The van der Waals surface area contributed by atoms with Crippen molar-refractivity contribution in [3.05, 3.63) is 261 Å². The number of hydrogen-bond acceptors (Lipinski definition) is 10. The fourth-order valence-corrected chi connectivity index (χ4v) is 9.99. The van der Waals surface area contributed by atoms with E-state index in [9.17, 15) is 0 Å². The first-order valence-corrected chi connectivity index (χ1v) is 25.9. The summed E-state index contributed by atoms with van der Waals surface area (Å²) in [6.07, 6.45) is 3.63. The lowest BCUT2D eigenvalue weighted by Gasteiger charge is -2.17. The van der Waals surface area contributed by atoms with E-state index in [4.69, 9.17) is 44.9 Å². The fraction of sp³-hybridized carbons (Fsp3) is 0. The standard InChI is InChI=1S/C68H43N11/c1-7-19-45(20-8-1)60-70-61(46-21-9-2-10-22-46)74-66(73-60)52-32-34-54-55-35-33-53(67-75-62(47-23-11-3-12-24-47)71-63(76-67)48-25-13-4-14-26-48)43-58(55)79(57(54)42-52)59-41-51(44-37-39-69-40-38-44)31-36-56(59)68-77-64(49-27-15-5-16-28-49)72-65(78-68)50-29-17-6-18-30-50/h1-43H. The summed E-state index contributed by atoms with van der Waals surface area (Å²) in [5.74, 6) is 4.95. The second kappa shape index (κ2) is 20.2. The maximum absolute atomic E-state index is 5.32. The molecule has 14 aromatic rings. The van der Waals surface area contributed by atoms with Crippen LogP contribution in [0.15, 0.2) is 261 Å². The van der Waals surface area contributed by atoms with Crippen LogP contribution in [0, 0.1) is 0 Å². The molecule has 0 atom stereocenters. The summed E-state index contributed by atoms with van der Waals surface area (Å²) in [6, 6.07) is 83.6. The van der Waals surface area contributed by atoms with Gasteiger partial charge in [-0.1, -0.05) is 212 Å². The average molecular weight is 1010 g/mol. The summed E-state index contributed by atoms with van der Waals surface area (Å²) in [6.45, 7) is 0. The van der Waals surface area contributed by atoms with Gasteiger partial charge >= 0.3 is 0 Å². The summed E-state index contributed by atoms with van der Waals surface area (Å²) in [4.78, 5) is 50.9. The molecule has 0 radical (unpaired) electrons. The molecular weight excluding hydrogens is 971 g/mol. The molecule has 370 valence electrons. The van der Waals surface area contributed by atoms with Gasteiger partial charge in [0.25, 0.3) is 0 Å². The van der Waals surface area contributed by atoms with Crippen LogP contribution in [0.25, 0.3) is 141 Å². The second-order valence-electron chi connectivity index (χ2n) is 18.9. The molecule has 0 unspecified atom stereocenters. The highest BCUT2D eigenvalue weighted by Crippen LogP contribution is 2.41. The molecule has 11 nitrogen and oxygen atoms in total. The number of fused-ring (bicyclic) bond motifs is 3. The van der Waals surface area contributed by atoms with E-state index in [0.29, 0.717) is 52.4 Å². The van der Waals surface area contributed by atoms with E-state index in [1.54, 1.807) is 0 Å². The number of nitrogens with zero attached hydrogens (tertiary/aromatic N) is 11. The summed E-state index contributed by atoms with van der Waals surface area (Å²) in [5.41, 5.74) is 12.2. The average Bonchev–Trinajstić information content (AvgIpc) is 3.99. The SMILES string of the molecule is c1ccc(-c2nc(-c3ccccc3)nc(-c3ccc4c5ccc(-c6nc(-c7ccccc7)nc(-c7ccccc7)n6)cc5n(-c5cc(-c6ccncc6)ccc5-c5nc(-c6ccccc6)nc(-c6ccccc6)n5)c4c3)n2)cc1. The molecule has 0 saturated heterocycles. The number of aromatic nitrogens is 11. The van der Waals surface area contributed by atoms with Crippen LogP contribution in [0.1, 0.15) is 0 Å². The zero-order valence-electron chi connectivity index (χ0n) is 42.2. The van der Waals surface area contributed by atoms with Crippen LogP contribution in [-0.2, 0) is 0 Å². The van der Waals surface area contributed by atoms with E-state index in [1.165, 1.54) is 0 Å². The topological polar surface area (TPSA) is 134 Å². The van der Waals surface area contributed by atoms with Gasteiger partial charge in [0.1, 0.15) is 0 Å². The Morgan fingerprint density at radius 1 is 0.215 bits per heavy atom. The van der Waals surface area contributed by atoms with Crippen molar-refractivity contribution >= 4 is 21.8 Å². The smallest absolute Gasteiger partial charge is 0.166 e. The number of pyridine rings is 1. The van der Waals surface area contributed by atoms with Gasteiger partial charge in [-0.2, -0.15) is 0 Å². The zero-order chi connectivity index (χ0) is 52.5. The van der Waals surface area contributed by atoms with Crippen LogP contribution in [-0.4, -0.2) is 54.4 Å². The van der Waals surface area contributed by atoms with E-state index < -0.39 is 0 Å². The number of hydrogen-bond donors (Lipinski definition) is 0. The minimum atomic E-state index is 0.501. The predicted molar refractivity (Wildman–Crippen MR) is 313 cm³/mol. The van der Waals surface area contributed by atoms with Crippen molar-refractivity contribution in [1.29, 1.82) is 0 Å². The van der Waals surface area contributed by atoms with Gasteiger partial charge in [0, 0.05) is 73.2 Å². The maximum Gasteiger partial charge on any atom is 0.166 e. The van der Waals surface area contributed by atoms with Crippen molar-refractivity contribution in [3.8, 4) is 119 Å². The van der Waals surface area contributed by atoms with E-state index in [0.717, 1.165) is 88.7 Å². The van der Waals surface area contributed by atoms with Gasteiger partial charge in [0.05, 0.1) is 16.7 Å². The lowest BCUT2D eigenvalue weighted by atomic mass is 10.0. The Kier molecular flexibility index (Phi) is 11.9. The third-order valence-corrected chi connectivity index (χ3v) is 13.9. The molecule has 0 saturated carbocycles. The second-order valence-corrected chi connectivity index (χ2v) is 18.9. The van der Waals surface area contributed by atoms with Crippen molar-refractivity contribution in [3.63, 3.8) is 0 Å². The normalized spacial score (nSPS) is 11.3. The Hall–Kier alpha value is -11.0. The largest absolute Gasteiger partial charge is 0.308 e. The van der Waals surface area contributed by atoms with Gasteiger partial charge in [0.15, 0.2) is 52.4 Å². The Morgan fingerprint density at radius 3 is 0.835 bits per heavy atom. The summed E-state index contributed by atoms with van der Waals surface area (Å²) in [7, 11) is 0. The van der Waals surface area contributed by atoms with Gasteiger partial charge in [0.2, 0.25) is 0 Å². The first kappa shape index (κ1) is 46.5. The molecule has 0 spiro atoms. The van der Waals surface area contributed by atoms with Crippen LogP contribution in [0.2, 0.25) is 0 Å². The third kappa shape index (κ3) is 9.13. The van der Waals surface area contributed by atoms with E-state index in [2.05, 4.69) is 64.1 Å². The molecule has 5 aromatic heterocycles. The molecule has 14 rings (SSSR count). The summed E-state index contributed by atoms with van der Waals surface area (Å²) < 4.78 is 2.31. The highest BCUT2D eigenvalue weighted by atomic mass is 15.1. The van der Waals surface area contributed by atoms with Gasteiger partial charge in [-0.15, -0.1) is 0 Å². The molecule has 5 heterocycles. The number of benzene rings is 9. The lowest BCUT2D eigenvalue weighted by Crippen LogP contribution is -2.04. The first-order chi connectivity index (χ1) is 39.1. The lowest BCUT2D eigenvalue weighted by molar-refractivity contribution is 1.06. The van der Waals surface area contributed by atoms with Crippen molar-refractivity contribution in [2.75, 3.05) is 0 Å². The van der Waals surface area contributed by atoms with Gasteiger partial charge in [-0.05, 0) is 47.5 Å². The van der Waals surface area contributed by atoms with Gasteiger partial charge < -0.3 is 4.57 Å². The minimum absolute atomic E-state index is 0.501. The van der Waals surface area contributed by atoms with Crippen LogP contribution in [0.3, 0.4) is 0 Å². The van der Waals surface area contributed by atoms with Crippen molar-refractivity contribution in [2.24, 2.45) is 0 Å². The van der Waals surface area contributed by atoms with Crippen LogP contribution in [0.4, 0.5) is 0 Å². The summed E-state index contributed by atoms with van der Waals surface area (Å²) in [5, 5.41) is 2.00. The first-order valence-electron chi connectivity index (χ1n) is 25.9. The minimum Gasteiger partial charge on any atom is -0.308 e. The molecule has 0 fully saturated rings. The Balaban J connectivity index is 1.07. The third-order valence-electron chi connectivity index (χ3n) is 13.9. The van der Waals surface area contributed by atoms with Crippen molar-refractivity contribution in [1.82, 2.24) is 54.4 Å². The Labute approximate surface area is 454 Å². The highest BCUT2D eigenvalue weighted by molar-refractivity contribution is 6.11. The van der Waals surface area contributed by atoms with Crippen LogP contribution >= 0.6 is 0 Å². The van der Waals surface area contributed by atoms with Crippen molar-refractivity contribution in [2.45, 2.75) is 0 Å². The molecule has 9 aromatic carbocycles. The zero-order valence-corrected chi connectivity index (χ0v) is 42.2. The highest BCUT2D eigenvalue weighted by Gasteiger charge is 2.23. The predicted octanol–water partition coefficient (Wildman–Crippen LogP) is 15.4. The molecule has 79 heavy (non-hydrogen) atoms. The molecule has 0 aliphatic heterocycles. The Bertz CT molecular complexity index is 4150. The number of rotatable bonds is 11. The Morgan fingerprint density at radius 2 is 0.506 bits per heavy atom. The molecule has 0 bridgehead atoms. The molecule has 11 heteroatoms. The fourth-order valence-electron chi connectivity index (χ4n) is 9.99. The van der Waals surface area contributed by atoms with Gasteiger partial charge in [-0.25, -0.2) is 44.9 Å². The van der Waals surface area contributed by atoms with Crippen LogP contribution < -0.4 is 0 Å². The van der Waals surface area contributed by atoms with Crippen molar-refractivity contribution < 1.29 is 0 Å².